The van der Waals surface area contributed by atoms with Gasteiger partial charge in [0.15, 0.2) is 0 Å². The first-order chi connectivity index (χ1) is 5.81. The molecule has 3 nitrogen and oxygen atoms in total. The number of thioether (sulfide) groups is 1. The van der Waals surface area contributed by atoms with Crippen LogP contribution in [0.25, 0.3) is 0 Å². The minimum absolute atomic E-state index is 0.341. The maximum Gasteiger partial charge on any atom is 0.0863 e. The molecule has 1 atom stereocenters. The molecule has 74 valence electrons. The van der Waals surface area contributed by atoms with Crippen LogP contribution in [0.2, 0.25) is 0 Å². The first kappa shape index (κ1) is 12.2. The summed E-state index contributed by atoms with van der Waals surface area (Å²) in [6, 6.07) is 0. The van der Waals surface area contributed by atoms with Gasteiger partial charge in [0.2, 0.25) is 0 Å². The molecule has 0 aromatic heterocycles. The van der Waals surface area contributed by atoms with Gasteiger partial charge in [-0.25, -0.2) is 0 Å². The molecule has 4 heteroatoms. The number of hydrogen-bond acceptors (Lipinski definition) is 4. The van der Waals surface area contributed by atoms with E-state index >= 15 is 0 Å². The Morgan fingerprint density at radius 1 is 1.50 bits per heavy atom. The van der Waals surface area contributed by atoms with Crippen LogP contribution in [0.15, 0.2) is 0 Å². The lowest BCUT2D eigenvalue weighted by atomic mass is 10.4. The molecular weight excluding hydrogens is 176 g/mol. The Balaban J connectivity index is 3.02. The van der Waals surface area contributed by atoms with Crippen LogP contribution in [0.1, 0.15) is 6.92 Å². The normalized spacial score (nSPS) is 13.2. The Morgan fingerprint density at radius 2 is 2.25 bits per heavy atom. The Hall–Kier alpha value is 0.230. The third-order valence-corrected chi connectivity index (χ3v) is 2.33. The number of methoxy groups -OCH3 is 1. The molecule has 0 aromatic rings. The van der Waals surface area contributed by atoms with Crippen molar-refractivity contribution in [3.05, 3.63) is 0 Å². The van der Waals surface area contributed by atoms with Gasteiger partial charge in [-0.15, -0.1) is 0 Å². The number of ether oxygens (including phenoxy) is 2. The zero-order valence-corrected chi connectivity index (χ0v) is 8.60. The van der Waals surface area contributed by atoms with E-state index in [-0.39, 0.29) is 6.10 Å². The second-order valence-corrected chi connectivity index (χ2v) is 3.53. The van der Waals surface area contributed by atoms with E-state index in [1.54, 1.807) is 18.9 Å². The summed E-state index contributed by atoms with van der Waals surface area (Å²) in [5.41, 5.74) is 0. The number of rotatable bonds is 8. The number of hydrogen-bond donors (Lipinski definition) is 1. The van der Waals surface area contributed by atoms with Gasteiger partial charge in [-0.1, -0.05) is 0 Å². The summed E-state index contributed by atoms with van der Waals surface area (Å²) in [5, 5.41) is 9.29. The molecule has 12 heavy (non-hydrogen) atoms. The Kier molecular flexibility index (Phi) is 9.50. The summed E-state index contributed by atoms with van der Waals surface area (Å²) in [5.74, 6) is 1.66. The molecule has 0 aliphatic rings. The van der Waals surface area contributed by atoms with Crippen molar-refractivity contribution in [1.82, 2.24) is 0 Å². The van der Waals surface area contributed by atoms with E-state index in [2.05, 4.69) is 0 Å². The summed E-state index contributed by atoms with van der Waals surface area (Å²) in [6.07, 6.45) is -0.341. The quantitative estimate of drug-likeness (QED) is 0.579. The van der Waals surface area contributed by atoms with Crippen LogP contribution in [0.5, 0.6) is 0 Å². The largest absolute Gasteiger partial charge is 0.390 e. The van der Waals surface area contributed by atoms with E-state index in [1.165, 1.54) is 0 Å². The SMILES string of the molecule is CCOCC(O)CSCCOC. The van der Waals surface area contributed by atoms with Crippen molar-refractivity contribution in [2.24, 2.45) is 0 Å². The highest BCUT2D eigenvalue weighted by Crippen LogP contribution is 2.02. The average molecular weight is 194 g/mol. The molecule has 1 N–H and O–H groups in total. The van der Waals surface area contributed by atoms with Crippen molar-refractivity contribution in [1.29, 1.82) is 0 Å². The van der Waals surface area contributed by atoms with E-state index in [0.717, 1.165) is 18.1 Å². The summed E-state index contributed by atoms with van der Waals surface area (Å²) in [7, 11) is 1.68. The zero-order valence-electron chi connectivity index (χ0n) is 7.78. The lowest BCUT2D eigenvalue weighted by Gasteiger charge is -2.09. The average Bonchev–Trinajstić information content (AvgIpc) is 2.09. The van der Waals surface area contributed by atoms with Gasteiger partial charge in [-0.2, -0.15) is 11.8 Å². The van der Waals surface area contributed by atoms with Crippen LogP contribution in [0.4, 0.5) is 0 Å². The van der Waals surface area contributed by atoms with Crippen molar-refractivity contribution >= 4 is 11.8 Å². The van der Waals surface area contributed by atoms with Crippen molar-refractivity contribution in [2.45, 2.75) is 13.0 Å². The molecule has 0 aliphatic heterocycles. The molecule has 0 heterocycles. The van der Waals surface area contributed by atoms with Gasteiger partial charge in [0, 0.05) is 25.2 Å². The van der Waals surface area contributed by atoms with Gasteiger partial charge >= 0.3 is 0 Å². The molecular formula is C8H18O3S. The summed E-state index contributed by atoms with van der Waals surface area (Å²) >= 11 is 1.68. The molecule has 0 spiro atoms. The first-order valence-electron chi connectivity index (χ1n) is 4.13. The third kappa shape index (κ3) is 8.33. The summed E-state index contributed by atoms with van der Waals surface area (Å²) in [4.78, 5) is 0. The fourth-order valence-electron chi connectivity index (χ4n) is 0.664. The Bertz CT molecular complexity index is 90.4. The second kappa shape index (κ2) is 9.32. The monoisotopic (exact) mass is 194 g/mol. The van der Waals surface area contributed by atoms with E-state index < -0.39 is 0 Å². The molecule has 0 amide bonds. The van der Waals surface area contributed by atoms with Crippen LogP contribution < -0.4 is 0 Å². The Morgan fingerprint density at radius 3 is 2.83 bits per heavy atom. The summed E-state index contributed by atoms with van der Waals surface area (Å²) in [6.45, 7) is 3.77. The summed E-state index contributed by atoms with van der Waals surface area (Å²) < 4.78 is 9.93. The van der Waals surface area contributed by atoms with Gasteiger partial charge in [-0.3, -0.25) is 0 Å². The predicted octanol–water partition coefficient (Wildman–Crippen LogP) is 0.763. The van der Waals surface area contributed by atoms with Gasteiger partial charge in [0.05, 0.1) is 19.3 Å². The van der Waals surface area contributed by atoms with Crippen molar-refractivity contribution in [3.8, 4) is 0 Å². The fraction of sp³-hybridized carbons (Fsp3) is 1.00. The fourth-order valence-corrected chi connectivity index (χ4v) is 1.48. The molecule has 0 rings (SSSR count). The molecule has 0 fully saturated rings. The van der Waals surface area contributed by atoms with E-state index in [9.17, 15) is 5.11 Å². The van der Waals surface area contributed by atoms with Crippen LogP contribution in [0.3, 0.4) is 0 Å². The number of aliphatic hydroxyl groups excluding tert-OH is 1. The highest BCUT2D eigenvalue weighted by atomic mass is 32.2. The molecule has 1 unspecified atom stereocenters. The van der Waals surface area contributed by atoms with E-state index in [4.69, 9.17) is 9.47 Å². The van der Waals surface area contributed by atoms with Gasteiger partial charge in [0.1, 0.15) is 0 Å². The van der Waals surface area contributed by atoms with E-state index in [1.807, 2.05) is 6.92 Å². The van der Waals surface area contributed by atoms with E-state index in [0.29, 0.717) is 13.2 Å². The smallest absolute Gasteiger partial charge is 0.0863 e. The second-order valence-electron chi connectivity index (χ2n) is 2.38. The lowest BCUT2D eigenvalue weighted by Crippen LogP contribution is -2.18. The zero-order chi connectivity index (χ0) is 9.23. The van der Waals surface area contributed by atoms with Crippen LogP contribution >= 0.6 is 11.8 Å². The first-order valence-corrected chi connectivity index (χ1v) is 5.29. The van der Waals surface area contributed by atoms with Crippen molar-refractivity contribution in [2.75, 3.05) is 38.4 Å². The molecule has 0 radical (unpaired) electrons. The molecule has 0 aliphatic carbocycles. The standard InChI is InChI=1S/C8H18O3S/c1-3-11-6-8(9)7-12-5-4-10-2/h8-9H,3-7H2,1-2H3. The molecule has 0 aromatic carbocycles. The third-order valence-electron chi connectivity index (χ3n) is 1.26. The lowest BCUT2D eigenvalue weighted by molar-refractivity contribution is 0.0551. The number of aliphatic hydroxyl groups is 1. The molecule has 0 saturated heterocycles. The van der Waals surface area contributed by atoms with Gasteiger partial charge in [0.25, 0.3) is 0 Å². The van der Waals surface area contributed by atoms with Crippen molar-refractivity contribution < 1.29 is 14.6 Å². The molecule has 0 bridgehead atoms. The minimum atomic E-state index is -0.341. The van der Waals surface area contributed by atoms with Gasteiger partial charge < -0.3 is 14.6 Å². The van der Waals surface area contributed by atoms with Crippen LogP contribution in [-0.2, 0) is 9.47 Å². The minimum Gasteiger partial charge on any atom is -0.390 e. The molecule has 0 saturated carbocycles. The maximum absolute atomic E-state index is 9.29. The van der Waals surface area contributed by atoms with Crippen molar-refractivity contribution in [3.63, 3.8) is 0 Å². The maximum atomic E-state index is 9.29. The highest BCUT2D eigenvalue weighted by molar-refractivity contribution is 7.99. The predicted molar refractivity (Wildman–Crippen MR) is 51.7 cm³/mol. The topological polar surface area (TPSA) is 38.7 Å². The van der Waals surface area contributed by atoms with Crippen LogP contribution in [0, 0.1) is 0 Å². The van der Waals surface area contributed by atoms with Gasteiger partial charge in [-0.05, 0) is 6.92 Å². The Labute approximate surface area is 78.4 Å². The highest BCUT2D eigenvalue weighted by Gasteiger charge is 2.02. The van der Waals surface area contributed by atoms with Crippen LogP contribution in [-0.4, -0.2) is 49.6 Å².